The lowest BCUT2D eigenvalue weighted by Crippen LogP contribution is -2.22. The molecule has 0 saturated heterocycles. The molecule has 0 spiro atoms. The Labute approximate surface area is 87.5 Å². The molecule has 1 unspecified atom stereocenters. The minimum absolute atomic E-state index is 0.0391. The summed E-state index contributed by atoms with van der Waals surface area (Å²) in [6.07, 6.45) is 6.29. The van der Waals surface area contributed by atoms with E-state index >= 15 is 0 Å². The van der Waals surface area contributed by atoms with Crippen LogP contribution < -0.4 is 0 Å². The fourth-order valence-corrected chi connectivity index (χ4v) is 1.77. The van der Waals surface area contributed by atoms with Gasteiger partial charge in [0.25, 0.3) is 0 Å². The first kappa shape index (κ1) is 11.4. The SMILES string of the molecule is CCC1(C)C=C(C(C)(C)C)C(O)=CC1. The van der Waals surface area contributed by atoms with Crippen molar-refractivity contribution >= 4 is 0 Å². The predicted molar refractivity (Wildman–Crippen MR) is 61.3 cm³/mol. The summed E-state index contributed by atoms with van der Waals surface area (Å²) in [5, 5.41) is 9.83. The van der Waals surface area contributed by atoms with Gasteiger partial charge < -0.3 is 5.11 Å². The summed E-state index contributed by atoms with van der Waals surface area (Å²) in [6.45, 7) is 10.9. The first-order chi connectivity index (χ1) is 6.28. The Kier molecular flexibility index (Phi) is 2.80. The molecule has 1 atom stereocenters. The van der Waals surface area contributed by atoms with Crippen molar-refractivity contribution in [1.82, 2.24) is 0 Å². The third-order valence-corrected chi connectivity index (χ3v) is 3.15. The third-order valence-electron chi connectivity index (χ3n) is 3.15. The summed E-state index contributed by atoms with van der Waals surface area (Å²) < 4.78 is 0. The molecule has 14 heavy (non-hydrogen) atoms. The van der Waals surface area contributed by atoms with Gasteiger partial charge in [0.05, 0.1) is 0 Å². The average molecular weight is 194 g/mol. The molecule has 0 fully saturated rings. The molecule has 1 aliphatic rings. The van der Waals surface area contributed by atoms with Crippen LogP contribution in [-0.4, -0.2) is 5.11 Å². The number of rotatable bonds is 1. The minimum Gasteiger partial charge on any atom is -0.508 e. The van der Waals surface area contributed by atoms with Gasteiger partial charge in [-0.05, 0) is 35.3 Å². The minimum atomic E-state index is 0.0391. The highest BCUT2D eigenvalue weighted by molar-refractivity contribution is 5.35. The lowest BCUT2D eigenvalue weighted by molar-refractivity contribution is 0.331. The van der Waals surface area contributed by atoms with E-state index in [0.29, 0.717) is 5.76 Å². The van der Waals surface area contributed by atoms with Crippen LogP contribution in [0.4, 0.5) is 0 Å². The van der Waals surface area contributed by atoms with E-state index in [-0.39, 0.29) is 10.8 Å². The second kappa shape index (κ2) is 3.45. The van der Waals surface area contributed by atoms with E-state index in [1.807, 2.05) is 6.08 Å². The Morgan fingerprint density at radius 3 is 2.43 bits per heavy atom. The van der Waals surface area contributed by atoms with E-state index in [1.165, 1.54) is 0 Å². The van der Waals surface area contributed by atoms with Crippen LogP contribution in [0.2, 0.25) is 0 Å². The maximum atomic E-state index is 9.83. The zero-order valence-electron chi connectivity index (χ0n) is 10.0. The summed E-state index contributed by atoms with van der Waals surface area (Å²) >= 11 is 0. The Balaban J connectivity index is 3.07. The molecule has 80 valence electrons. The first-order valence-electron chi connectivity index (χ1n) is 5.41. The summed E-state index contributed by atoms with van der Waals surface area (Å²) in [7, 11) is 0. The van der Waals surface area contributed by atoms with Gasteiger partial charge in [0.1, 0.15) is 5.76 Å². The fourth-order valence-electron chi connectivity index (χ4n) is 1.77. The highest BCUT2D eigenvalue weighted by Gasteiger charge is 2.29. The van der Waals surface area contributed by atoms with E-state index in [4.69, 9.17) is 0 Å². The summed E-state index contributed by atoms with van der Waals surface area (Å²) in [4.78, 5) is 0. The normalized spacial score (nSPS) is 28.4. The van der Waals surface area contributed by atoms with Gasteiger partial charge in [0, 0.05) is 0 Å². The van der Waals surface area contributed by atoms with Crippen LogP contribution in [0.3, 0.4) is 0 Å². The van der Waals surface area contributed by atoms with Gasteiger partial charge in [0.15, 0.2) is 0 Å². The lowest BCUT2D eigenvalue weighted by Gasteiger charge is -2.33. The zero-order chi connectivity index (χ0) is 11.0. The van der Waals surface area contributed by atoms with E-state index in [0.717, 1.165) is 18.4 Å². The molecule has 1 aliphatic carbocycles. The molecule has 0 amide bonds. The first-order valence-corrected chi connectivity index (χ1v) is 5.41. The molecule has 0 aromatic heterocycles. The van der Waals surface area contributed by atoms with Gasteiger partial charge in [-0.3, -0.25) is 0 Å². The molecule has 0 radical (unpaired) electrons. The molecule has 0 bridgehead atoms. The van der Waals surface area contributed by atoms with Gasteiger partial charge in [-0.1, -0.05) is 40.7 Å². The van der Waals surface area contributed by atoms with Crippen molar-refractivity contribution in [2.24, 2.45) is 10.8 Å². The quantitative estimate of drug-likeness (QED) is 0.662. The monoisotopic (exact) mass is 194 g/mol. The van der Waals surface area contributed by atoms with Crippen molar-refractivity contribution in [2.75, 3.05) is 0 Å². The van der Waals surface area contributed by atoms with Gasteiger partial charge in [-0.2, -0.15) is 0 Å². The molecule has 0 saturated carbocycles. The fraction of sp³-hybridized carbons (Fsp3) is 0.692. The van der Waals surface area contributed by atoms with Gasteiger partial charge in [-0.15, -0.1) is 0 Å². The van der Waals surface area contributed by atoms with Crippen LogP contribution in [0.25, 0.3) is 0 Å². The molecule has 0 aromatic rings. The molecule has 1 heteroatoms. The second-order valence-electron chi connectivity index (χ2n) is 5.61. The van der Waals surface area contributed by atoms with Crippen molar-refractivity contribution in [1.29, 1.82) is 0 Å². The van der Waals surface area contributed by atoms with E-state index in [1.54, 1.807) is 0 Å². The van der Waals surface area contributed by atoms with Crippen LogP contribution in [0, 0.1) is 10.8 Å². The summed E-state index contributed by atoms with van der Waals surface area (Å²) in [5.74, 6) is 0.475. The molecule has 1 N–H and O–H groups in total. The van der Waals surface area contributed by atoms with Crippen molar-refractivity contribution in [3.05, 3.63) is 23.5 Å². The van der Waals surface area contributed by atoms with Crippen molar-refractivity contribution < 1.29 is 5.11 Å². The molecule has 1 nitrogen and oxygen atoms in total. The Bertz CT molecular complexity index is 278. The van der Waals surface area contributed by atoms with Gasteiger partial charge in [0.2, 0.25) is 0 Å². The maximum Gasteiger partial charge on any atom is 0.115 e. The van der Waals surface area contributed by atoms with Gasteiger partial charge >= 0.3 is 0 Å². The number of hydrogen-bond donors (Lipinski definition) is 1. The molecule has 0 aliphatic heterocycles. The largest absolute Gasteiger partial charge is 0.508 e. The number of hydrogen-bond acceptors (Lipinski definition) is 1. The Hall–Kier alpha value is -0.720. The Morgan fingerprint density at radius 1 is 1.43 bits per heavy atom. The Morgan fingerprint density at radius 2 is 2.00 bits per heavy atom. The zero-order valence-corrected chi connectivity index (χ0v) is 10.0. The third kappa shape index (κ3) is 2.20. The molecule has 1 rings (SSSR count). The highest BCUT2D eigenvalue weighted by Crippen LogP contribution is 2.41. The van der Waals surface area contributed by atoms with Crippen LogP contribution in [0.15, 0.2) is 23.5 Å². The maximum absolute atomic E-state index is 9.83. The molecule has 0 aromatic carbocycles. The smallest absolute Gasteiger partial charge is 0.115 e. The summed E-state index contributed by atoms with van der Waals surface area (Å²) in [5.41, 5.74) is 1.36. The van der Waals surface area contributed by atoms with Crippen molar-refractivity contribution in [3.8, 4) is 0 Å². The standard InChI is InChI=1S/C13H22O/c1-6-13(5)8-7-11(14)10(9-13)12(2,3)4/h7,9,14H,6,8H2,1-5H3. The van der Waals surface area contributed by atoms with E-state index in [2.05, 4.69) is 40.7 Å². The molecule has 0 heterocycles. The number of allylic oxidation sites excluding steroid dienone is 3. The lowest BCUT2D eigenvalue weighted by atomic mass is 9.73. The van der Waals surface area contributed by atoms with Crippen LogP contribution in [-0.2, 0) is 0 Å². The molecular weight excluding hydrogens is 172 g/mol. The van der Waals surface area contributed by atoms with Crippen molar-refractivity contribution in [2.45, 2.75) is 47.5 Å². The van der Waals surface area contributed by atoms with Crippen molar-refractivity contribution in [3.63, 3.8) is 0 Å². The van der Waals surface area contributed by atoms with Crippen LogP contribution in [0.5, 0.6) is 0 Å². The highest BCUT2D eigenvalue weighted by atomic mass is 16.3. The van der Waals surface area contributed by atoms with Crippen LogP contribution >= 0.6 is 0 Å². The van der Waals surface area contributed by atoms with Gasteiger partial charge in [-0.25, -0.2) is 0 Å². The van der Waals surface area contributed by atoms with E-state index < -0.39 is 0 Å². The average Bonchev–Trinajstić information content (AvgIpc) is 2.08. The number of aliphatic hydroxyl groups excluding tert-OH is 1. The number of aliphatic hydroxyl groups is 1. The van der Waals surface area contributed by atoms with E-state index in [9.17, 15) is 5.11 Å². The summed E-state index contributed by atoms with van der Waals surface area (Å²) in [6, 6.07) is 0. The second-order valence-corrected chi connectivity index (χ2v) is 5.61. The predicted octanol–water partition coefficient (Wildman–Crippen LogP) is 4.22. The molecular formula is C13H22O. The van der Waals surface area contributed by atoms with Crippen LogP contribution in [0.1, 0.15) is 47.5 Å². The topological polar surface area (TPSA) is 20.2 Å².